The van der Waals surface area contributed by atoms with Gasteiger partial charge in [0.15, 0.2) is 9.84 Å². The zero-order chi connectivity index (χ0) is 24.0. The molecule has 0 amide bonds. The van der Waals surface area contributed by atoms with Crippen molar-refractivity contribution < 1.29 is 26.4 Å². The molecular formula is C21H28N4O6S2. The van der Waals surface area contributed by atoms with Crippen molar-refractivity contribution in [3.63, 3.8) is 0 Å². The van der Waals surface area contributed by atoms with Gasteiger partial charge in [-0.15, -0.1) is 0 Å². The Morgan fingerprint density at radius 2 is 1.73 bits per heavy atom. The minimum atomic E-state index is -3.69. The largest absolute Gasteiger partial charge is 0.465 e. The van der Waals surface area contributed by atoms with Crippen molar-refractivity contribution >= 4 is 31.5 Å². The molecule has 12 heteroatoms. The van der Waals surface area contributed by atoms with Crippen molar-refractivity contribution in [3.8, 4) is 0 Å². The smallest absolute Gasteiger partial charge is 0.337 e. The Morgan fingerprint density at radius 3 is 2.27 bits per heavy atom. The van der Waals surface area contributed by atoms with E-state index in [1.54, 1.807) is 0 Å². The summed E-state index contributed by atoms with van der Waals surface area (Å²) in [5.41, 5.74) is 2.95. The van der Waals surface area contributed by atoms with Crippen LogP contribution in [-0.4, -0.2) is 81.7 Å². The lowest BCUT2D eigenvalue weighted by Gasteiger charge is -2.35. The maximum atomic E-state index is 13.1. The average molecular weight is 497 g/mol. The molecule has 180 valence electrons. The Hall–Kier alpha value is -2.44. The molecule has 0 radical (unpaired) electrons. The molecule has 0 bridgehead atoms. The molecule has 2 fully saturated rings. The van der Waals surface area contributed by atoms with Crippen molar-refractivity contribution in [2.45, 2.75) is 31.2 Å². The van der Waals surface area contributed by atoms with Gasteiger partial charge in [0.05, 0.1) is 52.2 Å². The van der Waals surface area contributed by atoms with E-state index in [-0.39, 0.29) is 22.4 Å². The summed E-state index contributed by atoms with van der Waals surface area (Å²) in [6.45, 7) is 5.44. The first kappa shape index (κ1) is 23.7. The number of hydrogen-bond donors (Lipinski definition) is 0. The van der Waals surface area contributed by atoms with Gasteiger partial charge in [-0.05, 0) is 44.5 Å². The fourth-order valence-electron chi connectivity index (χ4n) is 4.62. The number of methoxy groups -OCH3 is 1. The van der Waals surface area contributed by atoms with E-state index in [2.05, 4.69) is 14.7 Å². The molecule has 1 aromatic carbocycles. The molecule has 3 heterocycles. The van der Waals surface area contributed by atoms with Gasteiger partial charge >= 0.3 is 5.97 Å². The minimum absolute atomic E-state index is 0.106. The van der Waals surface area contributed by atoms with E-state index < -0.39 is 25.8 Å². The summed E-state index contributed by atoms with van der Waals surface area (Å²) in [5.74, 6) is -0.230. The summed E-state index contributed by atoms with van der Waals surface area (Å²) in [6.07, 6.45) is 0.560. The van der Waals surface area contributed by atoms with Crippen LogP contribution < -0.4 is 4.90 Å². The number of hydrogen-bond acceptors (Lipinski definition) is 8. The highest BCUT2D eigenvalue weighted by Gasteiger charge is 2.34. The third-order valence-electron chi connectivity index (χ3n) is 6.31. The summed E-state index contributed by atoms with van der Waals surface area (Å²) in [6, 6.07) is 5.57. The van der Waals surface area contributed by atoms with Crippen molar-refractivity contribution in [2.75, 3.05) is 49.7 Å². The quantitative estimate of drug-likeness (QED) is 0.566. The number of anilines is 1. The van der Waals surface area contributed by atoms with E-state index in [9.17, 15) is 21.6 Å². The van der Waals surface area contributed by atoms with Crippen LogP contribution in [0.3, 0.4) is 0 Å². The molecule has 2 aromatic rings. The molecule has 0 unspecified atom stereocenters. The van der Waals surface area contributed by atoms with Crippen LogP contribution in [0.2, 0.25) is 0 Å². The molecule has 4 rings (SSSR count). The molecule has 33 heavy (non-hydrogen) atoms. The number of aromatic nitrogens is 2. The van der Waals surface area contributed by atoms with Crippen LogP contribution >= 0.6 is 0 Å². The first-order chi connectivity index (χ1) is 15.5. The van der Waals surface area contributed by atoms with Crippen molar-refractivity contribution in [1.82, 2.24) is 14.1 Å². The number of carbonyl (C=O) groups is 1. The fourth-order valence-corrected chi connectivity index (χ4v) is 7.73. The van der Waals surface area contributed by atoms with Crippen LogP contribution in [0.25, 0.3) is 0 Å². The molecule has 1 aromatic heterocycles. The van der Waals surface area contributed by atoms with Crippen LogP contribution in [0.15, 0.2) is 29.2 Å². The molecule has 2 aliphatic rings. The second kappa shape index (κ2) is 8.73. The normalized spacial score (nSPS) is 21.3. The highest BCUT2D eigenvalue weighted by atomic mass is 32.2. The molecule has 0 N–H and O–H groups in total. The average Bonchev–Trinajstić information content (AvgIpc) is 3.30. The number of esters is 1. The number of rotatable bonds is 5. The Bertz CT molecular complexity index is 1260. The van der Waals surface area contributed by atoms with Crippen LogP contribution in [0, 0.1) is 13.8 Å². The second-order valence-corrected chi connectivity index (χ2v) is 12.6. The summed E-state index contributed by atoms with van der Waals surface area (Å²) in [5, 5.41) is 4.62. The number of carbonyl (C=O) groups excluding carboxylic acids is 1. The molecule has 0 aliphatic carbocycles. The van der Waals surface area contributed by atoms with Gasteiger partial charge in [0.25, 0.3) is 0 Å². The zero-order valence-electron chi connectivity index (χ0n) is 18.9. The number of piperazine rings is 1. The monoisotopic (exact) mass is 496 g/mol. The van der Waals surface area contributed by atoms with Gasteiger partial charge in [-0.2, -0.15) is 9.40 Å². The number of ether oxygens (including phenoxy) is 1. The Labute approximate surface area is 194 Å². The van der Waals surface area contributed by atoms with Gasteiger partial charge < -0.3 is 9.64 Å². The summed E-state index contributed by atoms with van der Waals surface area (Å²) >= 11 is 0. The van der Waals surface area contributed by atoms with Crippen molar-refractivity contribution in [1.29, 1.82) is 0 Å². The molecule has 2 saturated heterocycles. The van der Waals surface area contributed by atoms with Crippen LogP contribution in [0.4, 0.5) is 5.69 Å². The second-order valence-electron chi connectivity index (χ2n) is 8.43. The predicted molar refractivity (Wildman–Crippen MR) is 123 cm³/mol. The molecule has 0 spiro atoms. The van der Waals surface area contributed by atoms with E-state index in [1.165, 1.54) is 35.7 Å². The highest BCUT2D eigenvalue weighted by Crippen LogP contribution is 2.32. The summed E-state index contributed by atoms with van der Waals surface area (Å²) < 4.78 is 57.9. The Balaban J connectivity index is 1.47. The van der Waals surface area contributed by atoms with E-state index in [1.807, 2.05) is 18.5 Å². The van der Waals surface area contributed by atoms with Crippen molar-refractivity contribution in [3.05, 3.63) is 41.2 Å². The van der Waals surface area contributed by atoms with Crippen LogP contribution in [0.5, 0.6) is 0 Å². The first-order valence-electron chi connectivity index (χ1n) is 10.7. The topological polar surface area (TPSA) is 119 Å². The predicted octanol–water partition coefficient (Wildman–Crippen LogP) is 1.16. The summed E-state index contributed by atoms with van der Waals surface area (Å²) in [4.78, 5) is 13.8. The van der Waals surface area contributed by atoms with Gasteiger partial charge in [-0.3, -0.25) is 4.68 Å². The Morgan fingerprint density at radius 1 is 1.09 bits per heavy atom. The maximum Gasteiger partial charge on any atom is 0.337 e. The lowest BCUT2D eigenvalue weighted by molar-refractivity contribution is 0.0600. The SMILES string of the molecule is COC(=O)c1ccc(S(=O)(=O)N2CCN(c3c(C)nn([C@H]4CCS(=O)(=O)C4)c3C)CC2)cc1. The van der Waals surface area contributed by atoms with E-state index >= 15 is 0 Å². The zero-order valence-corrected chi connectivity index (χ0v) is 20.5. The highest BCUT2D eigenvalue weighted by molar-refractivity contribution is 7.91. The maximum absolute atomic E-state index is 13.1. The Kier molecular flexibility index (Phi) is 6.27. The summed E-state index contributed by atoms with van der Waals surface area (Å²) in [7, 11) is -5.44. The van der Waals surface area contributed by atoms with Gasteiger partial charge in [-0.25, -0.2) is 21.6 Å². The molecule has 0 saturated carbocycles. The molecular weight excluding hydrogens is 468 g/mol. The van der Waals surface area contributed by atoms with Gasteiger partial charge in [0.2, 0.25) is 10.0 Å². The lowest BCUT2D eigenvalue weighted by Crippen LogP contribution is -2.49. The third kappa shape index (κ3) is 4.51. The molecule has 2 aliphatic heterocycles. The molecule has 10 nitrogen and oxygen atoms in total. The number of nitrogens with zero attached hydrogens (tertiary/aromatic N) is 4. The number of aryl methyl sites for hydroxylation is 1. The molecule has 1 atom stereocenters. The van der Waals surface area contributed by atoms with Crippen LogP contribution in [-0.2, 0) is 24.6 Å². The number of sulfone groups is 1. The van der Waals surface area contributed by atoms with Gasteiger partial charge in [0, 0.05) is 26.2 Å². The van der Waals surface area contributed by atoms with E-state index in [4.69, 9.17) is 0 Å². The van der Waals surface area contributed by atoms with E-state index in [0.29, 0.717) is 38.2 Å². The third-order valence-corrected chi connectivity index (χ3v) is 9.97. The lowest BCUT2D eigenvalue weighted by atomic mass is 10.2. The van der Waals surface area contributed by atoms with E-state index in [0.717, 1.165) is 17.1 Å². The first-order valence-corrected chi connectivity index (χ1v) is 14.0. The standard InChI is InChI=1S/C21H28N4O6S2/c1-15-20(16(2)25(22-15)18-8-13-32(27,28)14-18)23-9-11-24(12-10-23)33(29,30)19-6-4-17(5-7-19)21(26)31-3/h4-7,18H,8-14H2,1-3H3/t18-/m0/s1. The van der Waals surface area contributed by atoms with Crippen LogP contribution in [0.1, 0.15) is 34.2 Å². The van der Waals surface area contributed by atoms with Gasteiger partial charge in [0.1, 0.15) is 0 Å². The van der Waals surface area contributed by atoms with Crippen molar-refractivity contribution in [2.24, 2.45) is 0 Å². The minimum Gasteiger partial charge on any atom is -0.465 e. The fraction of sp³-hybridized carbons (Fsp3) is 0.524. The number of benzene rings is 1. The van der Waals surface area contributed by atoms with Gasteiger partial charge in [-0.1, -0.05) is 0 Å². The number of sulfonamides is 1.